The SMILES string of the molecule is CC(=O)NCC1CCN(S(=O)(=O)c2cc(C)c(Br)s2)CC1. The fraction of sp³-hybridized carbons (Fsp3) is 0.615. The van der Waals surface area contributed by atoms with Gasteiger partial charge in [0.25, 0.3) is 10.0 Å². The molecular formula is C13H19BrN2O3S2. The number of aryl methyl sites for hydroxylation is 1. The van der Waals surface area contributed by atoms with Crippen LogP contribution in [0, 0.1) is 12.8 Å². The Hall–Kier alpha value is -0.440. The first kappa shape index (κ1) is 16.9. The topological polar surface area (TPSA) is 66.5 Å². The fourth-order valence-electron chi connectivity index (χ4n) is 2.33. The van der Waals surface area contributed by atoms with Gasteiger partial charge in [0.1, 0.15) is 4.21 Å². The van der Waals surface area contributed by atoms with E-state index < -0.39 is 10.0 Å². The molecule has 21 heavy (non-hydrogen) atoms. The zero-order valence-corrected chi connectivity index (χ0v) is 15.3. The second kappa shape index (κ2) is 6.76. The Balaban J connectivity index is 1.99. The van der Waals surface area contributed by atoms with Crippen LogP contribution in [-0.4, -0.2) is 38.3 Å². The predicted molar refractivity (Wildman–Crippen MR) is 86.9 cm³/mol. The zero-order valence-electron chi connectivity index (χ0n) is 12.1. The van der Waals surface area contributed by atoms with E-state index in [2.05, 4.69) is 21.2 Å². The molecule has 118 valence electrons. The van der Waals surface area contributed by atoms with Gasteiger partial charge in [0.05, 0.1) is 3.79 Å². The third-order valence-electron chi connectivity index (χ3n) is 3.64. The molecule has 0 radical (unpaired) electrons. The highest BCUT2D eigenvalue weighted by molar-refractivity contribution is 9.11. The Bertz CT molecular complexity index is 600. The number of carbonyl (C=O) groups is 1. The van der Waals surface area contributed by atoms with E-state index in [-0.39, 0.29) is 5.91 Å². The lowest BCUT2D eigenvalue weighted by Crippen LogP contribution is -2.41. The Morgan fingerprint density at radius 3 is 2.57 bits per heavy atom. The summed E-state index contributed by atoms with van der Waals surface area (Å²) in [7, 11) is -3.38. The number of carbonyl (C=O) groups excluding carboxylic acids is 1. The van der Waals surface area contributed by atoms with Crippen molar-refractivity contribution in [2.75, 3.05) is 19.6 Å². The van der Waals surface area contributed by atoms with Crippen LogP contribution < -0.4 is 5.32 Å². The molecule has 1 N–H and O–H groups in total. The van der Waals surface area contributed by atoms with E-state index in [4.69, 9.17) is 0 Å². The summed E-state index contributed by atoms with van der Waals surface area (Å²) in [4.78, 5) is 10.9. The number of halogens is 1. The molecule has 1 fully saturated rings. The number of piperidine rings is 1. The van der Waals surface area contributed by atoms with E-state index in [1.54, 1.807) is 10.4 Å². The Labute approximate surface area is 137 Å². The molecule has 1 aliphatic rings. The van der Waals surface area contributed by atoms with Crippen molar-refractivity contribution in [3.8, 4) is 0 Å². The van der Waals surface area contributed by atoms with E-state index in [1.165, 1.54) is 18.3 Å². The Morgan fingerprint density at radius 1 is 1.48 bits per heavy atom. The molecule has 1 aromatic rings. The molecule has 0 saturated carbocycles. The molecule has 0 aliphatic carbocycles. The molecule has 2 rings (SSSR count). The summed E-state index contributed by atoms with van der Waals surface area (Å²) >= 11 is 4.63. The van der Waals surface area contributed by atoms with E-state index in [0.29, 0.717) is 29.8 Å². The Kier molecular flexibility index (Phi) is 5.45. The summed E-state index contributed by atoms with van der Waals surface area (Å²) < 4.78 is 28.0. The number of amides is 1. The zero-order chi connectivity index (χ0) is 15.6. The first-order valence-electron chi connectivity index (χ1n) is 6.81. The minimum Gasteiger partial charge on any atom is -0.356 e. The minimum absolute atomic E-state index is 0.0380. The first-order chi connectivity index (χ1) is 9.80. The summed E-state index contributed by atoms with van der Waals surface area (Å²) in [6, 6.07) is 1.72. The van der Waals surface area contributed by atoms with Crippen molar-refractivity contribution in [2.45, 2.75) is 30.9 Å². The molecule has 0 spiro atoms. The second-order valence-electron chi connectivity index (χ2n) is 5.31. The third kappa shape index (κ3) is 4.06. The van der Waals surface area contributed by atoms with Crippen molar-refractivity contribution in [1.29, 1.82) is 0 Å². The number of nitrogens with one attached hydrogen (secondary N) is 1. The van der Waals surface area contributed by atoms with Crippen LogP contribution in [0.4, 0.5) is 0 Å². The van der Waals surface area contributed by atoms with E-state index in [0.717, 1.165) is 22.2 Å². The van der Waals surface area contributed by atoms with Crippen molar-refractivity contribution in [3.05, 3.63) is 15.4 Å². The quantitative estimate of drug-likeness (QED) is 0.851. The molecular weight excluding hydrogens is 376 g/mol. The van der Waals surface area contributed by atoms with Gasteiger partial charge in [-0.3, -0.25) is 4.79 Å². The van der Waals surface area contributed by atoms with Crippen LogP contribution in [0.5, 0.6) is 0 Å². The summed E-state index contributed by atoms with van der Waals surface area (Å²) in [5.41, 5.74) is 0.944. The molecule has 0 atom stereocenters. The fourth-order valence-corrected chi connectivity index (χ4v) is 6.18. The Morgan fingerprint density at radius 2 is 2.10 bits per heavy atom. The number of hydrogen-bond donors (Lipinski definition) is 1. The van der Waals surface area contributed by atoms with Crippen molar-refractivity contribution in [2.24, 2.45) is 5.92 Å². The summed E-state index contributed by atoms with van der Waals surface area (Å²) in [5, 5.41) is 2.80. The standard InChI is InChI=1S/C13H19BrN2O3S2/c1-9-7-12(20-13(9)14)21(18,19)16-5-3-11(4-6-16)8-15-10(2)17/h7,11H,3-6,8H2,1-2H3,(H,15,17). The van der Waals surface area contributed by atoms with Gasteiger partial charge in [-0.05, 0) is 53.2 Å². The van der Waals surface area contributed by atoms with Crippen LogP contribution in [0.2, 0.25) is 0 Å². The van der Waals surface area contributed by atoms with Gasteiger partial charge < -0.3 is 5.32 Å². The summed E-state index contributed by atoms with van der Waals surface area (Å²) in [6.45, 7) is 5.05. The third-order valence-corrected chi connectivity index (χ3v) is 8.13. The van der Waals surface area contributed by atoms with Crippen molar-refractivity contribution < 1.29 is 13.2 Å². The van der Waals surface area contributed by atoms with Gasteiger partial charge in [-0.1, -0.05) is 0 Å². The van der Waals surface area contributed by atoms with Crippen LogP contribution in [0.25, 0.3) is 0 Å². The maximum atomic E-state index is 12.6. The number of hydrogen-bond acceptors (Lipinski definition) is 4. The maximum Gasteiger partial charge on any atom is 0.252 e. The largest absolute Gasteiger partial charge is 0.356 e. The van der Waals surface area contributed by atoms with Gasteiger partial charge in [0.15, 0.2) is 0 Å². The molecule has 1 saturated heterocycles. The van der Waals surface area contributed by atoms with Crippen LogP contribution in [0.1, 0.15) is 25.3 Å². The molecule has 0 aromatic carbocycles. The van der Waals surface area contributed by atoms with E-state index >= 15 is 0 Å². The molecule has 5 nitrogen and oxygen atoms in total. The average molecular weight is 395 g/mol. The molecule has 1 amide bonds. The van der Waals surface area contributed by atoms with E-state index in [1.807, 2.05) is 6.92 Å². The highest BCUT2D eigenvalue weighted by atomic mass is 79.9. The van der Waals surface area contributed by atoms with E-state index in [9.17, 15) is 13.2 Å². The highest BCUT2D eigenvalue weighted by Crippen LogP contribution is 2.33. The summed E-state index contributed by atoms with van der Waals surface area (Å²) in [5.74, 6) is 0.320. The molecule has 0 unspecified atom stereocenters. The van der Waals surface area contributed by atoms with Gasteiger partial charge in [-0.15, -0.1) is 11.3 Å². The van der Waals surface area contributed by atoms with Crippen molar-refractivity contribution in [1.82, 2.24) is 9.62 Å². The monoisotopic (exact) mass is 394 g/mol. The molecule has 8 heteroatoms. The lowest BCUT2D eigenvalue weighted by molar-refractivity contribution is -0.119. The molecule has 1 aromatic heterocycles. The van der Waals surface area contributed by atoms with Crippen molar-refractivity contribution >= 4 is 43.2 Å². The van der Waals surface area contributed by atoms with Crippen molar-refractivity contribution in [3.63, 3.8) is 0 Å². The lowest BCUT2D eigenvalue weighted by Gasteiger charge is -2.30. The van der Waals surface area contributed by atoms with Gasteiger partial charge in [0, 0.05) is 26.6 Å². The second-order valence-corrected chi connectivity index (χ2v) is 9.84. The molecule has 2 heterocycles. The number of rotatable bonds is 4. The summed E-state index contributed by atoms with van der Waals surface area (Å²) in [6.07, 6.45) is 1.57. The number of sulfonamides is 1. The first-order valence-corrected chi connectivity index (χ1v) is 9.86. The van der Waals surface area contributed by atoms with Gasteiger partial charge in [0.2, 0.25) is 5.91 Å². The molecule has 1 aliphatic heterocycles. The average Bonchev–Trinajstić information content (AvgIpc) is 2.77. The van der Waals surface area contributed by atoms with Crippen LogP contribution in [-0.2, 0) is 14.8 Å². The van der Waals surface area contributed by atoms with Crippen LogP contribution in [0.15, 0.2) is 14.1 Å². The van der Waals surface area contributed by atoms with Gasteiger partial charge in [-0.25, -0.2) is 8.42 Å². The minimum atomic E-state index is -3.38. The van der Waals surface area contributed by atoms with Gasteiger partial charge in [-0.2, -0.15) is 4.31 Å². The van der Waals surface area contributed by atoms with Gasteiger partial charge >= 0.3 is 0 Å². The number of nitrogens with zero attached hydrogens (tertiary/aromatic N) is 1. The van der Waals surface area contributed by atoms with Crippen LogP contribution >= 0.6 is 27.3 Å². The van der Waals surface area contributed by atoms with Crippen LogP contribution in [0.3, 0.4) is 0 Å². The molecule has 0 bridgehead atoms. The highest BCUT2D eigenvalue weighted by Gasteiger charge is 2.30. The maximum absolute atomic E-state index is 12.6. The normalized spacial score (nSPS) is 17.9. The lowest BCUT2D eigenvalue weighted by atomic mass is 9.98. The predicted octanol–water partition coefficient (Wildman–Crippen LogP) is 2.36. The number of thiophene rings is 1. The smallest absolute Gasteiger partial charge is 0.252 e.